The number of fused-ring (bicyclic) bond motifs is 3. The molecule has 1 aromatic carbocycles. The van der Waals surface area contributed by atoms with E-state index < -0.39 is 38.5 Å². The molecular weight excluding hydrogens is 525 g/mol. The van der Waals surface area contributed by atoms with Crippen molar-refractivity contribution in [1.29, 1.82) is 0 Å². The summed E-state index contributed by atoms with van der Waals surface area (Å²) >= 11 is 6.31. The third kappa shape index (κ3) is 4.35. The molecule has 14 heteroatoms. The number of aromatic nitrogens is 4. The van der Waals surface area contributed by atoms with Gasteiger partial charge in [0.25, 0.3) is 0 Å². The van der Waals surface area contributed by atoms with Gasteiger partial charge in [0.1, 0.15) is 30.5 Å². The monoisotopic (exact) mass is 551 g/mol. The molecule has 4 atom stereocenters. The summed E-state index contributed by atoms with van der Waals surface area (Å²) in [5.74, 6) is 0.641. The normalized spacial score (nSPS) is 26.7. The lowest BCUT2D eigenvalue weighted by Crippen LogP contribution is -2.58. The van der Waals surface area contributed by atoms with Crippen LogP contribution in [0.3, 0.4) is 0 Å². The van der Waals surface area contributed by atoms with E-state index in [2.05, 4.69) is 45.1 Å². The van der Waals surface area contributed by atoms with Crippen LogP contribution in [-0.4, -0.2) is 84.1 Å². The molecule has 3 aliphatic rings. The van der Waals surface area contributed by atoms with Gasteiger partial charge in [0.05, 0.1) is 18.2 Å². The van der Waals surface area contributed by atoms with Gasteiger partial charge in [-0.3, -0.25) is 4.57 Å². The van der Waals surface area contributed by atoms with Crippen LogP contribution in [0.2, 0.25) is 5.28 Å². The molecule has 6 rings (SSSR count). The van der Waals surface area contributed by atoms with E-state index in [9.17, 15) is 14.8 Å². The van der Waals surface area contributed by atoms with Crippen molar-refractivity contribution >= 4 is 36.0 Å². The van der Waals surface area contributed by atoms with Crippen molar-refractivity contribution in [1.82, 2.24) is 19.7 Å². The third-order valence-electron chi connectivity index (χ3n) is 7.52. The smallest absolute Gasteiger partial charge is 0.350 e. The van der Waals surface area contributed by atoms with Gasteiger partial charge in [-0.25, -0.2) is 4.68 Å². The van der Waals surface area contributed by atoms with E-state index >= 15 is 0 Å². The van der Waals surface area contributed by atoms with E-state index in [0.29, 0.717) is 16.9 Å². The van der Waals surface area contributed by atoms with Crippen LogP contribution in [0, 0.1) is 6.92 Å². The van der Waals surface area contributed by atoms with Crippen molar-refractivity contribution in [3.05, 3.63) is 46.4 Å². The number of hydrogen-bond donors (Lipinski definition) is 4. The summed E-state index contributed by atoms with van der Waals surface area (Å²) in [4.78, 5) is 28.9. The molecule has 2 saturated heterocycles. The second-order valence-corrected chi connectivity index (χ2v) is 12.1. The highest BCUT2D eigenvalue weighted by Crippen LogP contribution is 2.48. The Bertz CT molecular complexity index is 1410. The Balaban J connectivity index is 1.24. The van der Waals surface area contributed by atoms with E-state index in [1.807, 2.05) is 0 Å². The zero-order chi connectivity index (χ0) is 26.1. The van der Waals surface area contributed by atoms with Crippen molar-refractivity contribution in [2.75, 3.05) is 30.9 Å². The maximum absolute atomic E-state index is 11.0. The quantitative estimate of drug-likeness (QED) is 0.257. The maximum atomic E-state index is 11.0. The first-order valence-electron chi connectivity index (χ1n) is 11.9. The van der Waals surface area contributed by atoms with E-state index in [4.69, 9.17) is 30.9 Å². The Morgan fingerprint density at radius 3 is 2.78 bits per heavy atom. The highest BCUT2D eigenvalue weighted by atomic mass is 35.5. The van der Waals surface area contributed by atoms with Crippen molar-refractivity contribution in [3.8, 4) is 0 Å². The molecule has 2 aromatic heterocycles. The lowest BCUT2D eigenvalue weighted by Gasteiger charge is -2.49. The second-order valence-electron chi connectivity index (χ2n) is 10.2. The van der Waals surface area contributed by atoms with Gasteiger partial charge in [-0.05, 0) is 42.5 Å². The van der Waals surface area contributed by atoms with E-state index in [1.165, 1.54) is 21.4 Å². The van der Waals surface area contributed by atoms with Crippen molar-refractivity contribution < 1.29 is 34.0 Å². The molecule has 1 aliphatic carbocycles. The summed E-state index contributed by atoms with van der Waals surface area (Å²) in [5, 5.41) is 26.1. The molecule has 37 heavy (non-hydrogen) atoms. The standard InChI is InChI=1S/C23H27ClN5O7P/c1-12-2-3-13-4-5-23(15(13)6-12)9-28(10-23)19-14-7-25-29(20(14)27-22(24)26-19)21-18(31)17(30)16(36-21)8-35-11-37(32,33)34/h2-3,6-7,16-18,21,30-31H,4-5,8-11H2,1H3,(H2,32,33,34)/t16-,17-,18-,21-/m1/s1. The average Bonchev–Trinajstić information content (AvgIpc) is 3.47. The first-order chi connectivity index (χ1) is 17.5. The fourth-order valence-corrected chi connectivity index (χ4v) is 6.25. The molecule has 0 radical (unpaired) electrons. The summed E-state index contributed by atoms with van der Waals surface area (Å²) < 4.78 is 23.1. The Labute approximate surface area is 217 Å². The summed E-state index contributed by atoms with van der Waals surface area (Å²) in [6.45, 7) is 3.36. The minimum atomic E-state index is -4.38. The number of aliphatic hydroxyl groups excluding tert-OH is 2. The summed E-state index contributed by atoms with van der Waals surface area (Å²) in [6, 6.07) is 6.66. The first kappa shape index (κ1) is 25.1. The number of aryl methyl sites for hydroxylation is 2. The Morgan fingerprint density at radius 2 is 2.03 bits per heavy atom. The van der Waals surface area contributed by atoms with E-state index in [1.54, 1.807) is 6.20 Å². The average molecular weight is 552 g/mol. The van der Waals surface area contributed by atoms with Crippen molar-refractivity contribution in [2.24, 2.45) is 0 Å². The van der Waals surface area contributed by atoms with Gasteiger partial charge < -0.3 is 34.4 Å². The molecule has 2 aliphatic heterocycles. The number of anilines is 1. The third-order valence-corrected chi connectivity index (χ3v) is 8.21. The number of nitrogens with zero attached hydrogens (tertiary/aromatic N) is 5. The SMILES string of the molecule is Cc1ccc2c(c1)C1(CC2)CN(c2nc(Cl)nc3c2cnn3[C@@H]2O[C@H](COCP(=O)(O)O)[C@@H](O)[C@H]2O)C1. The predicted molar refractivity (Wildman–Crippen MR) is 133 cm³/mol. The van der Waals surface area contributed by atoms with Gasteiger partial charge in [-0.2, -0.15) is 15.1 Å². The van der Waals surface area contributed by atoms with Gasteiger partial charge in [-0.15, -0.1) is 0 Å². The van der Waals surface area contributed by atoms with E-state index in [-0.39, 0.29) is 17.3 Å². The Morgan fingerprint density at radius 1 is 1.24 bits per heavy atom. The molecule has 0 unspecified atom stereocenters. The number of benzene rings is 1. The molecule has 12 nitrogen and oxygen atoms in total. The van der Waals surface area contributed by atoms with Crippen LogP contribution in [0.15, 0.2) is 24.4 Å². The molecule has 4 heterocycles. The van der Waals surface area contributed by atoms with Crippen LogP contribution in [0.5, 0.6) is 0 Å². The molecular formula is C23H27ClN5O7P. The molecule has 4 N–H and O–H groups in total. The molecule has 0 saturated carbocycles. The van der Waals surface area contributed by atoms with Gasteiger partial charge >= 0.3 is 7.60 Å². The molecule has 1 spiro atoms. The van der Waals surface area contributed by atoms with Gasteiger partial charge in [-0.1, -0.05) is 23.8 Å². The van der Waals surface area contributed by atoms with Crippen molar-refractivity contribution in [2.45, 2.75) is 49.7 Å². The van der Waals surface area contributed by atoms with Gasteiger partial charge in [0.15, 0.2) is 11.9 Å². The van der Waals surface area contributed by atoms with E-state index in [0.717, 1.165) is 25.9 Å². The number of halogens is 1. The lowest BCUT2D eigenvalue weighted by atomic mass is 9.74. The van der Waals surface area contributed by atoms with Crippen LogP contribution in [0.4, 0.5) is 5.82 Å². The highest BCUT2D eigenvalue weighted by molar-refractivity contribution is 7.51. The molecule has 3 aromatic rings. The largest absolute Gasteiger partial charge is 0.387 e. The topological polar surface area (TPSA) is 163 Å². The van der Waals surface area contributed by atoms with Crippen molar-refractivity contribution in [3.63, 3.8) is 0 Å². The number of ether oxygens (including phenoxy) is 2. The fraction of sp³-hybridized carbons (Fsp3) is 0.522. The Kier molecular flexibility index (Phi) is 6.09. The lowest BCUT2D eigenvalue weighted by molar-refractivity contribution is -0.0658. The maximum Gasteiger partial charge on any atom is 0.350 e. The summed E-state index contributed by atoms with van der Waals surface area (Å²) in [6.07, 6.45) is -1.98. The van der Waals surface area contributed by atoms with Gasteiger partial charge in [0.2, 0.25) is 5.28 Å². The fourth-order valence-electron chi connectivity index (χ4n) is 5.74. The number of rotatable bonds is 6. The molecule has 2 fully saturated rings. The number of aliphatic hydroxyl groups is 2. The molecule has 0 bridgehead atoms. The van der Waals surface area contributed by atoms with Crippen LogP contribution < -0.4 is 4.90 Å². The van der Waals surface area contributed by atoms with Crippen LogP contribution in [0.25, 0.3) is 11.0 Å². The van der Waals surface area contributed by atoms with Gasteiger partial charge in [0, 0.05) is 18.5 Å². The minimum absolute atomic E-state index is 0.0161. The van der Waals surface area contributed by atoms with Crippen LogP contribution >= 0.6 is 19.2 Å². The minimum Gasteiger partial charge on any atom is -0.387 e. The predicted octanol–water partition coefficient (Wildman–Crippen LogP) is 1.26. The zero-order valence-electron chi connectivity index (χ0n) is 19.9. The Hall–Kier alpha value is -2.15. The zero-order valence-corrected chi connectivity index (χ0v) is 21.6. The molecule has 0 amide bonds. The first-order valence-corrected chi connectivity index (χ1v) is 14.1. The number of hydrogen-bond acceptors (Lipinski definition) is 9. The second kappa shape index (κ2) is 8.96. The highest BCUT2D eigenvalue weighted by Gasteiger charge is 2.50. The van der Waals surface area contributed by atoms with Crippen LogP contribution in [-0.2, 0) is 25.9 Å². The summed E-state index contributed by atoms with van der Waals surface area (Å²) in [5.41, 5.74) is 4.46. The molecule has 198 valence electrons. The summed E-state index contributed by atoms with van der Waals surface area (Å²) in [7, 11) is -4.38. The van der Waals surface area contributed by atoms with Crippen LogP contribution in [0.1, 0.15) is 29.3 Å².